The Labute approximate surface area is 65.4 Å². The first-order valence-corrected chi connectivity index (χ1v) is 3.37. The molecule has 0 aromatic carbocycles. The van der Waals surface area contributed by atoms with Crippen molar-refractivity contribution >= 4 is 5.69 Å². The summed E-state index contributed by atoms with van der Waals surface area (Å²) in [6.07, 6.45) is 3.52. The Hall–Kier alpha value is -1.50. The fourth-order valence-electron chi connectivity index (χ4n) is 0.778. The molecule has 1 aromatic rings. The maximum Gasteiger partial charge on any atom is 0.111 e. The molecule has 1 heterocycles. The molecular weight excluding hydrogens is 140 g/mol. The topological polar surface area (TPSA) is 53.6 Å². The fourth-order valence-corrected chi connectivity index (χ4v) is 0.778. The maximum absolute atomic E-state index is 8.46. The summed E-state index contributed by atoms with van der Waals surface area (Å²) < 4.78 is 1.69. The summed E-state index contributed by atoms with van der Waals surface area (Å²) in [4.78, 5) is 0. The molecule has 1 N–H and O–H groups in total. The van der Waals surface area contributed by atoms with E-state index in [9.17, 15) is 0 Å². The molecule has 11 heavy (non-hydrogen) atoms. The third-order valence-corrected chi connectivity index (χ3v) is 1.28. The van der Waals surface area contributed by atoms with Crippen molar-refractivity contribution in [2.24, 2.45) is 7.05 Å². The van der Waals surface area contributed by atoms with Gasteiger partial charge in [0.15, 0.2) is 0 Å². The molecule has 0 radical (unpaired) electrons. The number of nitrogens with one attached hydrogen (secondary N) is 1. The molecule has 0 aliphatic carbocycles. The Morgan fingerprint density at radius 2 is 2.55 bits per heavy atom. The Balaban J connectivity index is 2.59. The smallest absolute Gasteiger partial charge is 0.111 e. The van der Waals surface area contributed by atoms with E-state index in [1.165, 1.54) is 0 Å². The third-order valence-electron chi connectivity index (χ3n) is 1.28. The summed E-state index contributed by atoms with van der Waals surface area (Å²) in [6, 6.07) is 1.91. The van der Waals surface area contributed by atoms with Gasteiger partial charge in [-0.15, -0.1) is 0 Å². The second kappa shape index (κ2) is 3.06. The molecule has 58 valence electrons. The molecule has 0 saturated heterocycles. The van der Waals surface area contributed by atoms with Crippen LogP contribution in [0.5, 0.6) is 0 Å². The summed E-state index contributed by atoms with van der Waals surface area (Å²) in [6.45, 7) is 1.80. The van der Waals surface area contributed by atoms with Crippen LogP contribution in [0, 0.1) is 11.3 Å². The molecule has 0 amide bonds. The van der Waals surface area contributed by atoms with E-state index in [1.807, 2.05) is 13.2 Å². The van der Waals surface area contributed by atoms with Crippen molar-refractivity contribution < 1.29 is 0 Å². The minimum Gasteiger partial charge on any atom is -0.367 e. The SMILES string of the molecule is CC(C#N)Nc1cnn(C)c1. The number of rotatable bonds is 2. The minimum atomic E-state index is -0.167. The summed E-state index contributed by atoms with van der Waals surface area (Å²) in [5.41, 5.74) is 0.876. The Bertz CT molecular complexity index is 270. The molecule has 0 bridgehead atoms. The van der Waals surface area contributed by atoms with Crippen LogP contribution in [-0.4, -0.2) is 15.8 Å². The number of anilines is 1. The number of aryl methyl sites for hydroxylation is 1. The molecule has 0 saturated carbocycles. The third kappa shape index (κ3) is 1.97. The van der Waals surface area contributed by atoms with E-state index in [2.05, 4.69) is 16.5 Å². The predicted octanol–water partition coefficient (Wildman–Crippen LogP) is 0.744. The van der Waals surface area contributed by atoms with Gasteiger partial charge in [-0.05, 0) is 6.92 Å². The van der Waals surface area contributed by atoms with Crippen molar-refractivity contribution in [2.45, 2.75) is 13.0 Å². The largest absolute Gasteiger partial charge is 0.367 e. The van der Waals surface area contributed by atoms with Gasteiger partial charge in [-0.2, -0.15) is 10.4 Å². The number of nitriles is 1. The monoisotopic (exact) mass is 150 g/mol. The van der Waals surface area contributed by atoms with Crippen molar-refractivity contribution in [1.82, 2.24) is 9.78 Å². The van der Waals surface area contributed by atoms with Gasteiger partial charge in [0.1, 0.15) is 6.04 Å². The first kappa shape index (κ1) is 7.61. The average Bonchev–Trinajstić information content (AvgIpc) is 2.35. The molecule has 0 aliphatic rings. The molecule has 4 nitrogen and oxygen atoms in total. The number of hydrogen-bond donors (Lipinski definition) is 1. The first-order chi connectivity index (χ1) is 5.22. The lowest BCUT2D eigenvalue weighted by molar-refractivity contribution is 0.768. The van der Waals surface area contributed by atoms with Gasteiger partial charge in [-0.25, -0.2) is 0 Å². The van der Waals surface area contributed by atoms with Crippen molar-refractivity contribution in [3.63, 3.8) is 0 Å². The zero-order chi connectivity index (χ0) is 8.27. The highest BCUT2D eigenvalue weighted by molar-refractivity contribution is 5.40. The first-order valence-electron chi connectivity index (χ1n) is 3.37. The van der Waals surface area contributed by atoms with Crippen LogP contribution < -0.4 is 5.32 Å². The van der Waals surface area contributed by atoms with Gasteiger partial charge >= 0.3 is 0 Å². The number of nitrogens with zero attached hydrogens (tertiary/aromatic N) is 3. The highest BCUT2D eigenvalue weighted by Crippen LogP contribution is 2.04. The quantitative estimate of drug-likeness (QED) is 0.676. The van der Waals surface area contributed by atoms with Crippen molar-refractivity contribution in [2.75, 3.05) is 5.32 Å². The zero-order valence-corrected chi connectivity index (χ0v) is 6.57. The van der Waals surface area contributed by atoms with Crippen LogP contribution in [0.4, 0.5) is 5.69 Å². The Kier molecular flexibility index (Phi) is 2.12. The lowest BCUT2D eigenvalue weighted by atomic mass is 10.4. The summed E-state index contributed by atoms with van der Waals surface area (Å²) in [5, 5.41) is 15.4. The standard InChI is InChI=1S/C7H10N4/c1-6(3-8)10-7-4-9-11(2)5-7/h4-6,10H,1-2H3. The molecule has 1 aromatic heterocycles. The zero-order valence-electron chi connectivity index (χ0n) is 6.57. The van der Waals surface area contributed by atoms with E-state index in [0.717, 1.165) is 5.69 Å². The second-order valence-electron chi connectivity index (χ2n) is 2.40. The van der Waals surface area contributed by atoms with Crippen molar-refractivity contribution in [1.29, 1.82) is 5.26 Å². The van der Waals surface area contributed by atoms with Gasteiger partial charge in [0.2, 0.25) is 0 Å². The molecule has 0 aliphatic heterocycles. The van der Waals surface area contributed by atoms with Crippen LogP contribution in [0.2, 0.25) is 0 Å². The van der Waals surface area contributed by atoms with E-state index >= 15 is 0 Å². The molecule has 0 fully saturated rings. The molecule has 1 atom stereocenters. The molecular formula is C7H10N4. The van der Waals surface area contributed by atoms with E-state index < -0.39 is 0 Å². The number of aromatic nitrogens is 2. The highest BCUT2D eigenvalue weighted by Gasteiger charge is 1.99. The van der Waals surface area contributed by atoms with Gasteiger partial charge < -0.3 is 5.32 Å². The van der Waals surface area contributed by atoms with Gasteiger partial charge in [0.05, 0.1) is 18.0 Å². The lowest BCUT2D eigenvalue weighted by Gasteiger charge is -2.02. The van der Waals surface area contributed by atoms with Crippen LogP contribution in [0.3, 0.4) is 0 Å². The van der Waals surface area contributed by atoms with E-state index in [-0.39, 0.29) is 6.04 Å². The van der Waals surface area contributed by atoms with Crippen molar-refractivity contribution in [3.05, 3.63) is 12.4 Å². The molecule has 1 rings (SSSR count). The summed E-state index contributed by atoms with van der Waals surface area (Å²) >= 11 is 0. The van der Waals surface area contributed by atoms with E-state index in [1.54, 1.807) is 17.8 Å². The lowest BCUT2D eigenvalue weighted by Crippen LogP contribution is -2.11. The average molecular weight is 150 g/mol. The van der Waals surface area contributed by atoms with E-state index in [4.69, 9.17) is 5.26 Å². The van der Waals surface area contributed by atoms with Gasteiger partial charge in [-0.1, -0.05) is 0 Å². The molecule has 0 spiro atoms. The second-order valence-corrected chi connectivity index (χ2v) is 2.40. The van der Waals surface area contributed by atoms with Gasteiger partial charge in [-0.3, -0.25) is 4.68 Å². The highest BCUT2D eigenvalue weighted by atomic mass is 15.3. The van der Waals surface area contributed by atoms with Crippen LogP contribution in [0.1, 0.15) is 6.92 Å². The van der Waals surface area contributed by atoms with Gasteiger partial charge in [0, 0.05) is 13.2 Å². The van der Waals surface area contributed by atoms with Gasteiger partial charge in [0.25, 0.3) is 0 Å². The Morgan fingerprint density at radius 1 is 1.82 bits per heavy atom. The summed E-state index contributed by atoms with van der Waals surface area (Å²) in [7, 11) is 1.84. The summed E-state index contributed by atoms with van der Waals surface area (Å²) in [5.74, 6) is 0. The minimum absolute atomic E-state index is 0.167. The van der Waals surface area contributed by atoms with Crippen LogP contribution in [0.25, 0.3) is 0 Å². The molecule has 1 unspecified atom stereocenters. The number of hydrogen-bond acceptors (Lipinski definition) is 3. The van der Waals surface area contributed by atoms with Crippen molar-refractivity contribution in [3.8, 4) is 6.07 Å². The predicted molar refractivity (Wildman–Crippen MR) is 41.9 cm³/mol. The maximum atomic E-state index is 8.46. The van der Waals surface area contributed by atoms with E-state index in [0.29, 0.717) is 0 Å². The molecule has 4 heteroatoms. The van der Waals surface area contributed by atoms with Crippen LogP contribution in [0.15, 0.2) is 12.4 Å². The van der Waals surface area contributed by atoms with Crippen LogP contribution >= 0.6 is 0 Å². The van der Waals surface area contributed by atoms with Crippen LogP contribution in [-0.2, 0) is 7.05 Å². The Morgan fingerprint density at radius 3 is 3.00 bits per heavy atom. The fraction of sp³-hybridized carbons (Fsp3) is 0.429. The normalized spacial score (nSPS) is 12.1.